The van der Waals surface area contributed by atoms with E-state index in [-0.39, 0.29) is 5.78 Å². The summed E-state index contributed by atoms with van der Waals surface area (Å²) in [5.74, 6) is -0.0117. The minimum atomic E-state index is -0.0117. The quantitative estimate of drug-likeness (QED) is 0.564. The summed E-state index contributed by atoms with van der Waals surface area (Å²) >= 11 is 4.95. The Labute approximate surface area is 114 Å². The molecule has 1 aromatic heterocycles. The number of aryl methyl sites for hydroxylation is 1. The lowest BCUT2D eigenvalue weighted by Gasteiger charge is -2.04. The van der Waals surface area contributed by atoms with Crippen molar-refractivity contribution in [3.8, 4) is 0 Å². The van der Waals surface area contributed by atoms with Crippen molar-refractivity contribution in [3.05, 3.63) is 64.0 Å². The molecule has 0 saturated carbocycles. The molecular weight excluding hydrogens is 258 g/mol. The number of oxazole rings is 1. The van der Waals surface area contributed by atoms with Gasteiger partial charge in [-0.15, -0.1) is 0 Å². The molecule has 3 aromatic rings. The van der Waals surface area contributed by atoms with Crippen molar-refractivity contribution in [2.24, 2.45) is 0 Å². The number of aromatic amines is 1. The minimum absolute atomic E-state index is 0.0117. The van der Waals surface area contributed by atoms with Crippen molar-refractivity contribution >= 4 is 29.1 Å². The Kier molecular flexibility index (Phi) is 2.80. The number of carbonyl (C=O) groups excluding carboxylic acids is 1. The van der Waals surface area contributed by atoms with E-state index in [1.165, 1.54) is 0 Å². The Morgan fingerprint density at radius 1 is 1.21 bits per heavy atom. The summed E-state index contributed by atoms with van der Waals surface area (Å²) in [6.45, 7) is 1.90. The summed E-state index contributed by atoms with van der Waals surface area (Å²) in [6.07, 6.45) is 0. The largest absolute Gasteiger partial charge is 0.429 e. The lowest BCUT2D eigenvalue weighted by atomic mass is 9.99. The number of carbonyl (C=O) groups is 1. The maximum Gasteiger partial charge on any atom is 0.266 e. The lowest BCUT2D eigenvalue weighted by Crippen LogP contribution is -2.03. The van der Waals surface area contributed by atoms with Gasteiger partial charge in [-0.2, -0.15) is 0 Å². The SMILES string of the molecule is Cc1cc2[nH]c(=S)oc2cc1C(=O)c1ccccc1. The zero-order chi connectivity index (χ0) is 13.4. The first-order valence-electron chi connectivity index (χ1n) is 5.88. The number of hydrogen-bond acceptors (Lipinski definition) is 3. The van der Waals surface area contributed by atoms with E-state index in [4.69, 9.17) is 16.6 Å². The van der Waals surface area contributed by atoms with Gasteiger partial charge in [0.2, 0.25) is 0 Å². The highest BCUT2D eigenvalue weighted by molar-refractivity contribution is 7.71. The van der Waals surface area contributed by atoms with Gasteiger partial charge in [-0.3, -0.25) is 4.79 Å². The van der Waals surface area contributed by atoms with E-state index in [9.17, 15) is 4.79 Å². The summed E-state index contributed by atoms with van der Waals surface area (Å²) in [6, 6.07) is 12.8. The normalized spacial score (nSPS) is 10.8. The zero-order valence-electron chi connectivity index (χ0n) is 10.3. The van der Waals surface area contributed by atoms with Crippen LogP contribution in [0.4, 0.5) is 0 Å². The van der Waals surface area contributed by atoms with Crippen molar-refractivity contribution in [1.82, 2.24) is 4.98 Å². The van der Waals surface area contributed by atoms with E-state index in [0.29, 0.717) is 21.5 Å². The van der Waals surface area contributed by atoms with Gasteiger partial charge in [-0.25, -0.2) is 0 Å². The van der Waals surface area contributed by atoms with Crippen LogP contribution in [0.2, 0.25) is 0 Å². The first-order valence-corrected chi connectivity index (χ1v) is 6.29. The molecule has 0 atom stereocenters. The topological polar surface area (TPSA) is 46.0 Å². The summed E-state index contributed by atoms with van der Waals surface area (Å²) in [4.78, 5) is 15.7. The number of hydrogen-bond donors (Lipinski definition) is 1. The van der Waals surface area contributed by atoms with Gasteiger partial charge < -0.3 is 9.40 Å². The molecule has 3 rings (SSSR count). The second-order valence-electron chi connectivity index (χ2n) is 4.37. The Hall–Kier alpha value is -2.20. The third kappa shape index (κ3) is 2.11. The number of rotatable bonds is 2. The van der Waals surface area contributed by atoms with E-state index in [0.717, 1.165) is 11.1 Å². The third-order valence-electron chi connectivity index (χ3n) is 3.05. The van der Waals surface area contributed by atoms with Crippen LogP contribution in [0.1, 0.15) is 21.5 Å². The summed E-state index contributed by atoms with van der Waals surface area (Å²) in [5.41, 5.74) is 3.62. The van der Waals surface area contributed by atoms with E-state index < -0.39 is 0 Å². The molecule has 0 unspecified atom stereocenters. The molecule has 0 spiro atoms. The molecule has 0 fully saturated rings. The van der Waals surface area contributed by atoms with E-state index >= 15 is 0 Å². The maximum absolute atomic E-state index is 12.4. The highest BCUT2D eigenvalue weighted by Gasteiger charge is 2.13. The molecule has 0 radical (unpaired) electrons. The Morgan fingerprint density at radius 3 is 2.68 bits per heavy atom. The van der Waals surface area contributed by atoms with Gasteiger partial charge in [-0.05, 0) is 36.8 Å². The van der Waals surface area contributed by atoms with Crippen LogP contribution in [0.3, 0.4) is 0 Å². The monoisotopic (exact) mass is 269 g/mol. The van der Waals surface area contributed by atoms with Gasteiger partial charge in [-0.1, -0.05) is 30.3 Å². The standard InChI is InChI=1S/C15H11NO2S/c1-9-7-12-13(18-15(19)16-12)8-11(9)14(17)10-5-3-2-4-6-10/h2-8H,1H3,(H,16,19). The molecule has 1 heterocycles. The average Bonchev–Trinajstić information content (AvgIpc) is 2.77. The molecule has 0 aliphatic rings. The molecule has 0 aliphatic carbocycles. The van der Waals surface area contributed by atoms with E-state index in [2.05, 4.69) is 4.98 Å². The molecule has 4 heteroatoms. The van der Waals surface area contributed by atoms with Gasteiger partial charge in [0, 0.05) is 11.1 Å². The van der Waals surface area contributed by atoms with Gasteiger partial charge in [0.15, 0.2) is 11.4 Å². The van der Waals surface area contributed by atoms with Crippen LogP contribution in [0.5, 0.6) is 0 Å². The van der Waals surface area contributed by atoms with Gasteiger partial charge >= 0.3 is 0 Å². The van der Waals surface area contributed by atoms with Crippen molar-refractivity contribution in [1.29, 1.82) is 0 Å². The fourth-order valence-electron chi connectivity index (χ4n) is 2.10. The van der Waals surface area contributed by atoms with Crippen molar-refractivity contribution in [2.75, 3.05) is 0 Å². The first kappa shape index (κ1) is 11.9. The predicted octanol–water partition coefficient (Wildman–Crippen LogP) is 4.03. The molecule has 2 aromatic carbocycles. The van der Waals surface area contributed by atoms with Crippen LogP contribution in [-0.2, 0) is 0 Å². The van der Waals surface area contributed by atoms with Crippen LogP contribution in [-0.4, -0.2) is 10.8 Å². The van der Waals surface area contributed by atoms with Crippen molar-refractivity contribution in [3.63, 3.8) is 0 Å². The Morgan fingerprint density at radius 2 is 1.95 bits per heavy atom. The van der Waals surface area contributed by atoms with E-state index in [1.807, 2.05) is 31.2 Å². The van der Waals surface area contributed by atoms with Crippen molar-refractivity contribution < 1.29 is 9.21 Å². The molecule has 0 bridgehead atoms. The van der Waals surface area contributed by atoms with Crippen molar-refractivity contribution in [2.45, 2.75) is 6.92 Å². The summed E-state index contributed by atoms with van der Waals surface area (Å²) in [5, 5.41) is 0. The third-order valence-corrected chi connectivity index (χ3v) is 3.23. The summed E-state index contributed by atoms with van der Waals surface area (Å²) in [7, 11) is 0. The van der Waals surface area contributed by atoms with Gasteiger partial charge in [0.1, 0.15) is 0 Å². The molecule has 1 N–H and O–H groups in total. The van der Waals surface area contributed by atoms with Crippen LogP contribution in [0.25, 0.3) is 11.1 Å². The first-order chi connectivity index (χ1) is 9.15. The minimum Gasteiger partial charge on any atom is -0.429 e. The Balaban J connectivity index is 2.17. The Bertz CT molecular complexity index is 815. The highest BCUT2D eigenvalue weighted by Crippen LogP contribution is 2.21. The number of benzene rings is 2. The highest BCUT2D eigenvalue weighted by atomic mass is 32.1. The number of nitrogens with one attached hydrogen (secondary N) is 1. The zero-order valence-corrected chi connectivity index (χ0v) is 11.1. The summed E-state index contributed by atoms with van der Waals surface area (Å²) < 4.78 is 5.36. The second kappa shape index (κ2) is 4.48. The molecule has 0 saturated heterocycles. The molecule has 94 valence electrons. The number of H-pyrrole nitrogens is 1. The van der Waals surface area contributed by atoms with Gasteiger partial charge in [0.05, 0.1) is 5.52 Å². The number of aromatic nitrogens is 1. The van der Waals surface area contributed by atoms with Crippen LogP contribution in [0.15, 0.2) is 46.9 Å². The fraction of sp³-hybridized carbons (Fsp3) is 0.0667. The van der Waals surface area contributed by atoms with Gasteiger partial charge in [0.25, 0.3) is 4.84 Å². The molecule has 19 heavy (non-hydrogen) atoms. The predicted molar refractivity (Wildman–Crippen MR) is 76.0 cm³/mol. The fourth-order valence-corrected chi connectivity index (χ4v) is 2.29. The number of fused-ring (bicyclic) bond motifs is 1. The maximum atomic E-state index is 12.4. The van der Waals surface area contributed by atoms with Crippen LogP contribution in [0, 0.1) is 11.8 Å². The molecule has 0 amide bonds. The smallest absolute Gasteiger partial charge is 0.266 e. The average molecular weight is 269 g/mol. The van der Waals surface area contributed by atoms with E-state index in [1.54, 1.807) is 18.2 Å². The molecule has 3 nitrogen and oxygen atoms in total. The van der Waals surface area contributed by atoms with Crippen LogP contribution >= 0.6 is 12.2 Å². The molecule has 0 aliphatic heterocycles. The number of ketones is 1. The lowest BCUT2D eigenvalue weighted by molar-refractivity contribution is 0.103. The van der Waals surface area contributed by atoms with Crippen LogP contribution < -0.4 is 0 Å². The second-order valence-corrected chi connectivity index (χ2v) is 4.74. The molecular formula is C15H11NO2S.